The Morgan fingerprint density at radius 3 is 2.62 bits per heavy atom. The molecule has 122 valence electrons. The van der Waals surface area contributed by atoms with Crippen LogP contribution in [0.25, 0.3) is 10.9 Å². The maximum atomic E-state index is 12.6. The summed E-state index contributed by atoms with van der Waals surface area (Å²) in [5.41, 5.74) is 1.15. The summed E-state index contributed by atoms with van der Waals surface area (Å²) in [7, 11) is 3.13. The zero-order chi connectivity index (χ0) is 17.1. The minimum Gasteiger partial charge on any atom is -0.493 e. The smallest absolute Gasteiger partial charge is 0.282 e. The highest BCUT2D eigenvalue weighted by Crippen LogP contribution is 2.29. The first-order chi connectivity index (χ1) is 11.7. The highest BCUT2D eigenvalue weighted by Gasteiger charge is 2.09. The van der Waals surface area contributed by atoms with Crippen molar-refractivity contribution in [2.24, 2.45) is 5.10 Å². The third-order valence-corrected chi connectivity index (χ3v) is 3.66. The number of benzene rings is 2. The lowest BCUT2D eigenvalue weighted by atomic mass is 10.2. The molecular formula is C18H17N3O3. The molecule has 0 spiro atoms. The van der Waals surface area contributed by atoms with Crippen LogP contribution in [0.15, 0.2) is 52.4 Å². The molecule has 0 aliphatic carbocycles. The molecule has 0 aliphatic heterocycles. The van der Waals surface area contributed by atoms with Gasteiger partial charge in [0.05, 0.1) is 31.3 Å². The van der Waals surface area contributed by atoms with Gasteiger partial charge >= 0.3 is 0 Å². The number of hydrogen-bond acceptors (Lipinski definition) is 5. The van der Waals surface area contributed by atoms with Gasteiger partial charge in [-0.15, -0.1) is 0 Å². The lowest BCUT2D eigenvalue weighted by Gasteiger charge is -2.10. The minimum atomic E-state index is -0.212. The van der Waals surface area contributed by atoms with Crippen LogP contribution in [0, 0.1) is 6.92 Å². The van der Waals surface area contributed by atoms with Crippen LogP contribution in [0.1, 0.15) is 11.4 Å². The predicted octanol–water partition coefficient (Wildman–Crippen LogP) is 2.60. The second kappa shape index (κ2) is 6.54. The molecule has 0 atom stereocenters. The van der Waals surface area contributed by atoms with Crippen molar-refractivity contribution < 1.29 is 9.47 Å². The zero-order valence-corrected chi connectivity index (χ0v) is 13.7. The van der Waals surface area contributed by atoms with E-state index in [0.29, 0.717) is 33.8 Å². The number of ether oxygens (including phenoxy) is 2. The van der Waals surface area contributed by atoms with E-state index in [2.05, 4.69) is 10.1 Å². The van der Waals surface area contributed by atoms with E-state index in [9.17, 15) is 4.79 Å². The van der Waals surface area contributed by atoms with E-state index < -0.39 is 0 Å². The molecule has 1 heterocycles. The molecule has 1 aromatic heterocycles. The van der Waals surface area contributed by atoms with Crippen molar-refractivity contribution in [3.8, 4) is 11.5 Å². The van der Waals surface area contributed by atoms with Gasteiger partial charge < -0.3 is 9.47 Å². The minimum absolute atomic E-state index is 0.212. The van der Waals surface area contributed by atoms with Gasteiger partial charge in [-0.25, -0.2) is 4.98 Å². The largest absolute Gasteiger partial charge is 0.493 e. The monoisotopic (exact) mass is 323 g/mol. The van der Waals surface area contributed by atoms with Crippen molar-refractivity contribution in [2.45, 2.75) is 6.92 Å². The van der Waals surface area contributed by atoms with Crippen molar-refractivity contribution in [3.05, 3.63) is 64.2 Å². The molecule has 0 fully saturated rings. The predicted molar refractivity (Wildman–Crippen MR) is 93.3 cm³/mol. The summed E-state index contributed by atoms with van der Waals surface area (Å²) >= 11 is 0. The summed E-state index contributed by atoms with van der Waals surface area (Å²) in [6, 6.07) is 12.7. The Labute approximate surface area is 139 Å². The molecule has 6 heteroatoms. The van der Waals surface area contributed by atoms with Crippen molar-refractivity contribution in [2.75, 3.05) is 14.2 Å². The van der Waals surface area contributed by atoms with Crippen LogP contribution in [0.3, 0.4) is 0 Å². The first-order valence-electron chi connectivity index (χ1n) is 7.39. The van der Waals surface area contributed by atoms with Crippen molar-refractivity contribution in [3.63, 3.8) is 0 Å². The molecule has 0 saturated carbocycles. The van der Waals surface area contributed by atoms with Crippen molar-refractivity contribution >= 4 is 17.1 Å². The summed E-state index contributed by atoms with van der Waals surface area (Å²) in [5, 5.41) is 4.82. The highest BCUT2D eigenvalue weighted by molar-refractivity contribution is 5.85. The molecule has 24 heavy (non-hydrogen) atoms. The number of hydrogen-bond donors (Lipinski definition) is 0. The number of rotatable bonds is 4. The quantitative estimate of drug-likeness (QED) is 0.692. The normalized spacial score (nSPS) is 11.1. The summed E-state index contributed by atoms with van der Waals surface area (Å²) in [4.78, 5) is 17.0. The number of nitrogens with zero attached hydrogens (tertiary/aromatic N) is 3. The van der Waals surface area contributed by atoms with Gasteiger partial charge in [-0.1, -0.05) is 18.2 Å². The third-order valence-electron chi connectivity index (χ3n) is 3.66. The average Bonchev–Trinajstić information content (AvgIpc) is 2.61. The van der Waals surface area contributed by atoms with Gasteiger partial charge in [-0.2, -0.15) is 9.78 Å². The summed E-state index contributed by atoms with van der Waals surface area (Å²) in [5.74, 6) is 1.67. The summed E-state index contributed by atoms with van der Waals surface area (Å²) < 4.78 is 11.9. The van der Waals surface area contributed by atoms with Gasteiger partial charge in [0.1, 0.15) is 5.82 Å². The SMILES string of the molecule is COc1cccc(C=Nn2c(C)nc3ccccc3c2=O)c1OC. The molecular weight excluding hydrogens is 306 g/mol. The maximum Gasteiger partial charge on any atom is 0.282 e. The fourth-order valence-corrected chi connectivity index (χ4v) is 2.50. The van der Waals surface area contributed by atoms with Gasteiger partial charge in [0, 0.05) is 5.56 Å². The zero-order valence-electron chi connectivity index (χ0n) is 13.7. The van der Waals surface area contributed by atoms with Crippen LogP contribution in [-0.2, 0) is 0 Å². The van der Waals surface area contributed by atoms with E-state index in [-0.39, 0.29) is 5.56 Å². The fraction of sp³-hybridized carbons (Fsp3) is 0.167. The standard InChI is InChI=1S/C18H17N3O3/c1-12-20-15-9-5-4-8-14(15)18(22)21(12)19-11-13-7-6-10-16(23-2)17(13)24-3/h4-11H,1-3H3. The number of methoxy groups -OCH3 is 2. The molecule has 3 aromatic rings. The van der Waals surface area contributed by atoms with E-state index in [1.165, 1.54) is 4.68 Å². The van der Waals surface area contributed by atoms with Crippen LogP contribution >= 0.6 is 0 Å². The number of aryl methyl sites for hydroxylation is 1. The lowest BCUT2D eigenvalue weighted by molar-refractivity contribution is 0.354. The maximum absolute atomic E-state index is 12.6. The molecule has 0 saturated heterocycles. The molecule has 3 rings (SSSR count). The van der Waals surface area contributed by atoms with Gasteiger partial charge in [0.2, 0.25) is 0 Å². The number of para-hydroxylation sites is 2. The molecule has 0 unspecified atom stereocenters. The van der Waals surface area contributed by atoms with E-state index in [1.807, 2.05) is 24.3 Å². The fourth-order valence-electron chi connectivity index (χ4n) is 2.50. The molecule has 0 N–H and O–H groups in total. The molecule has 0 amide bonds. The molecule has 2 aromatic carbocycles. The Hall–Kier alpha value is -3.15. The van der Waals surface area contributed by atoms with Crippen LogP contribution in [0.5, 0.6) is 11.5 Å². The Morgan fingerprint density at radius 2 is 1.88 bits per heavy atom. The van der Waals surface area contributed by atoms with Crippen molar-refractivity contribution in [1.29, 1.82) is 0 Å². The third kappa shape index (κ3) is 2.74. The van der Waals surface area contributed by atoms with E-state index in [0.717, 1.165) is 0 Å². The Bertz CT molecular complexity index is 977. The van der Waals surface area contributed by atoms with Gasteiger partial charge in [-0.3, -0.25) is 4.79 Å². The Balaban J connectivity index is 2.11. The van der Waals surface area contributed by atoms with Gasteiger partial charge in [0.25, 0.3) is 5.56 Å². The summed E-state index contributed by atoms with van der Waals surface area (Å²) in [6.07, 6.45) is 1.56. The highest BCUT2D eigenvalue weighted by atomic mass is 16.5. The second-order valence-corrected chi connectivity index (χ2v) is 5.12. The molecule has 0 radical (unpaired) electrons. The van der Waals surface area contributed by atoms with E-state index >= 15 is 0 Å². The molecule has 0 bridgehead atoms. The van der Waals surface area contributed by atoms with Crippen LogP contribution in [0.4, 0.5) is 0 Å². The van der Waals surface area contributed by atoms with E-state index in [1.54, 1.807) is 45.6 Å². The summed E-state index contributed by atoms with van der Waals surface area (Å²) in [6.45, 7) is 1.74. The topological polar surface area (TPSA) is 65.7 Å². The van der Waals surface area contributed by atoms with Gasteiger partial charge in [0.15, 0.2) is 11.5 Å². The van der Waals surface area contributed by atoms with Crippen LogP contribution in [-0.4, -0.2) is 30.1 Å². The Morgan fingerprint density at radius 1 is 1.08 bits per heavy atom. The van der Waals surface area contributed by atoms with Crippen LogP contribution < -0.4 is 15.0 Å². The second-order valence-electron chi connectivity index (χ2n) is 5.12. The number of fused-ring (bicyclic) bond motifs is 1. The lowest BCUT2D eigenvalue weighted by Crippen LogP contribution is -2.20. The van der Waals surface area contributed by atoms with Crippen LogP contribution in [0.2, 0.25) is 0 Å². The van der Waals surface area contributed by atoms with Crippen molar-refractivity contribution in [1.82, 2.24) is 9.66 Å². The molecule has 6 nitrogen and oxygen atoms in total. The average molecular weight is 323 g/mol. The van der Waals surface area contributed by atoms with Gasteiger partial charge in [-0.05, 0) is 31.2 Å². The van der Waals surface area contributed by atoms with E-state index in [4.69, 9.17) is 9.47 Å². The number of aromatic nitrogens is 2. The first-order valence-corrected chi connectivity index (χ1v) is 7.39. The first kappa shape index (κ1) is 15.7. The Kier molecular flexibility index (Phi) is 4.29. The molecule has 0 aliphatic rings.